The summed E-state index contributed by atoms with van der Waals surface area (Å²) in [5.74, 6) is 20.8. The van der Waals surface area contributed by atoms with Gasteiger partial charge in [0.1, 0.15) is 75.3 Å². The topological polar surface area (TPSA) is 179 Å². The van der Waals surface area contributed by atoms with Gasteiger partial charge in [0.25, 0.3) is 23.6 Å². The Kier molecular flexibility index (Phi) is 22.5. The number of aldehydes is 1. The number of amides is 4. The number of anilines is 2. The third-order valence-electron chi connectivity index (χ3n) is 27.5. The van der Waals surface area contributed by atoms with Gasteiger partial charge >= 0.3 is 0 Å². The fraction of sp³-hybridized carbons (Fsp3) is 0.0846. The summed E-state index contributed by atoms with van der Waals surface area (Å²) in [6.07, 6.45) is 9.72. The third kappa shape index (κ3) is 16.3. The zero-order valence-corrected chi connectivity index (χ0v) is 80.9. The second-order valence-electron chi connectivity index (χ2n) is 37.6. The van der Waals surface area contributed by atoms with Crippen molar-refractivity contribution in [1.29, 1.82) is 0 Å². The van der Waals surface area contributed by atoms with E-state index in [0.29, 0.717) is 174 Å². The van der Waals surface area contributed by atoms with Crippen molar-refractivity contribution in [3.8, 4) is 105 Å². The Morgan fingerprint density at radius 1 is 0.269 bits per heavy atom. The number of aryl methyl sites for hydroxylation is 10. The van der Waals surface area contributed by atoms with E-state index in [9.17, 15) is 4.79 Å². The van der Waals surface area contributed by atoms with E-state index in [1.165, 1.54) is 9.80 Å². The van der Waals surface area contributed by atoms with Gasteiger partial charge in [-0.15, -0.1) is 6.42 Å². The van der Waals surface area contributed by atoms with E-state index in [-0.39, 0.29) is 28.2 Å². The fourth-order valence-corrected chi connectivity index (χ4v) is 20.7. The average molecular weight is 1880 g/mol. The molecule has 0 atom stereocenters. The summed E-state index contributed by atoms with van der Waals surface area (Å²) in [6.45, 7) is 19.8. The van der Waals surface area contributed by atoms with Crippen LogP contribution in [-0.4, -0.2) is 39.9 Å². The Hall–Kier alpha value is -19.0. The molecule has 4 amide bonds. The highest BCUT2D eigenvalue weighted by Crippen LogP contribution is 2.57. The summed E-state index contributed by atoms with van der Waals surface area (Å²) in [4.78, 5) is 84.4. The number of rotatable bonds is 18. The lowest BCUT2D eigenvalue weighted by atomic mass is 9.83. The van der Waals surface area contributed by atoms with Crippen LogP contribution in [0.4, 0.5) is 11.4 Å². The smallest absolute Gasteiger partial charge is 0.266 e. The van der Waals surface area contributed by atoms with E-state index < -0.39 is 23.6 Å². The van der Waals surface area contributed by atoms with Crippen molar-refractivity contribution >= 4 is 127 Å². The monoisotopic (exact) mass is 1880 g/mol. The zero-order valence-electron chi connectivity index (χ0n) is 80.9. The number of H-pyrrole nitrogens is 2. The molecule has 22 aromatic rings. The third-order valence-corrected chi connectivity index (χ3v) is 27.5. The van der Waals surface area contributed by atoms with Crippen molar-refractivity contribution in [1.82, 2.24) is 9.97 Å². The summed E-state index contributed by atoms with van der Waals surface area (Å²) in [5.41, 5.74) is 17.9. The molecule has 2 aliphatic rings. The summed E-state index contributed by atoms with van der Waals surface area (Å²) in [5, 5.41) is 11.9. The van der Waals surface area contributed by atoms with Gasteiger partial charge in [0.15, 0.2) is 0 Å². The number of hydrogen-bond donors (Lipinski definition) is 2. The van der Waals surface area contributed by atoms with Crippen molar-refractivity contribution in [2.75, 3.05) is 9.80 Å². The van der Waals surface area contributed by atoms with E-state index in [0.717, 1.165) is 105 Å². The van der Waals surface area contributed by atoms with Crippen molar-refractivity contribution in [2.24, 2.45) is 0 Å². The van der Waals surface area contributed by atoms with Gasteiger partial charge in [-0.3, -0.25) is 24.0 Å². The standard InChI is InChI=1S/C121H84N4O10.C9H6O/c1-66-21-37-81(38-22-66)130-99-51-49-91-106-87(99)15-11-17-89(106)110-101(132-83-41-25-68(3)26-42-83)62-93-108-95(64-103(112(91)114(108)110)134-85-45-29-70(5)30-46-85)120(128)124(118(93)126)116-72(7)55-76(56-73(116)8)33-35-78-59-79(61-80(60-78)105(97-19-13-53-122-97)98-20-14-54-123-98)36-34-77-57-74(9)117(75(10)58-77)125-119(127)94-63-102(133-84-43-27-69(4)28-44-84)111-90-18-12-16-88-100(131-82-39-23-67(2)24-40-82)52-50-92(107(88)90)113-104(135-86-47-31-71(6)32-48-86)65-96(121(125)129)109(94)115(111)113;1-2-8-3-5-9(7-10)6-4-8/h11-32,37-65,105,122-123H,1-10H3;1,3-7H. The number of fused-ring (bicyclic) bond motifs is 4. The first-order valence-electron chi connectivity index (χ1n) is 47.9. The van der Waals surface area contributed by atoms with Gasteiger partial charge in [0, 0.05) is 122 Å². The number of ether oxygens (including phenoxy) is 6. The minimum Gasteiger partial charge on any atom is -0.457 e. The second-order valence-corrected chi connectivity index (χ2v) is 37.6. The van der Waals surface area contributed by atoms with Crippen LogP contribution >= 0.6 is 0 Å². The Labute approximate surface area is 836 Å². The Morgan fingerprint density at radius 3 is 0.834 bits per heavy atom. The van der Waals surface area contributed by atoms with E-state index in [1.54, 1.807) is 48.5 Å². The summed E-state index contributed by atoms with van der Waals surface area (Å²) >= 11 is 0. The van der Waals surface area contributed by atoms with Crippen LogP contribution in [0.3, 0.4) is 0 Å². The highest BCUT2D eigenvalue weighted by Gasteiger charge is 2.43. The first kappa shape index (κ1) is 89.9. The number of hydrogen-bond acceptors (Lipinski definition) is 11. The molecule has 0 radical (unpaired) electrons. The Bertz CT molecular complexity index is 8530. The second kappa shape index (κ2) is 36.3. The van der Waals surface area contributed by atoms with Gasteiger partial charge in [-0.1, -0.05) is 184 Å². The van der Waals surface area contributed by atoms with Crippen molar-refractivity contribution in [3.05, 3.63) is 462 Å². The summed E-state index contributed by atoms with van der Waals surface area (Å²) < 4.78 is 41.8. The van der Waals surface area contributed by atoms with Gasteiger partial charge in [0.2, 0.25) is 0 Å². The number of carbonyl (C=O) groups is 5. The molecule has 15 heteroatoms. The number of aromatic amines is 2. The maximum atomic E-state index is 16.2. The molecule has 0 aliphatic carbocycles. The molecule has 696 valence electrons. The van der Waals surface area contributed by atoms with Gasteiger partial charge in [-0.25, -0.2) is 9.80 Å². The highest BCUT2D eigenvalue weighted by atomic mass is 16.5. The lowest BCUT2D eigenvalue weighted by Crippen LogP contribution is -2.41. The molecule has 2 N–H and O–H groups in total. The van der Waals surface area contributed by atoms with Gasteiger partial charge in [-0.05, 0) is 319 Å². The van der Waals surface area contributed by atoms with Crippen molar-refractivity contribution in [3.63, 3.8) is 0 Å². The number of benzene rings is 20. The van der Waals surface area contributed by atoms with E-state index >= 15 is 19.2 Å². The molecule has 0 saturated carbocycles. The maximum Gasteiger partial charge on any atom is 0.266 e. The fourth-order valence-electron chi connectivity index (χ4n) is 20.7. The van der Waals surface area contributed by atoms with Crippen LogP contribution in [0.15, 0.2) is 334 Å². The molecule has 0 saturated heterocycles. The quantitative estimate of drug-likeness (QED) is 0.0275. The van der Waals surface area contributed by atoms with E-state index in [2.05, 4.69) is 88.1 Å². The Balaban J connectivity index is 0.00000110. The number of carbonyl (C=O) groups excluding carboxylic acids is 5. The summed E-state index contributed by atoms with van der Waals surface area (Å²) in [6, 6.07) is 104. The van der Waals surface area contributed by atoms with Crippen LogP contribution in [0.5, 0.6) is 69.0 Å². The van der Waals surface area contributed by atoms with Crippen LogP contribution in [0.2, 0.25) is 0 Å². The molecular weight excluding hydrogens is 1790 g/mol. The largest absolute Gasteiger partial charge is 0.457 e. The SMILES string of the molecule is C#Cc1ccc(C=O)cc1.Cc1ccc(Oc2ccc3c4c(Oc5ccc(C)cc5)cc5c6c(cc(Oc7ccc(C)cc7)c(c7cccc2c73)c64)C(=O)N(c2c(C)cc(C#Cc3cc(C#Cc4cc(C)c(N6C(=O)c7cc(Oc8ccc(C)cc8)c8c9cccc%10c(Oc%11ccc(C)cc%11)ccc(c%11c(Oc%12ccc(C)cc%12)cc(c7c8%11)C6=O)c%109)c(C)c4)cc(C(c4ccc[nH]4)c4ccc[nH]4)c3)cc2C)C5=O)cc1. The predicted molar refractivity (Wildman–Crippen MR) is 578 cm³/mol. The number of aromatic nitrogens is 2. The first-order chi connectivity index (χ1) is 70.5. The van der Waals surface area contributed by atoms with Crippen LogP contribution in [0.1, 0.15) is 158 Å². The van der Waals surface area contributed by atoms with Crippen LogP contribution in [0.25, 0.3) is 86.2 Å². The number of nitrogens with zero attached hydrogens (tertiary/aromatic N) is 2. The molecule has 0 fully saturated rings. The molecule has 0 unspecified atom stereocenters. The van der Waals surface area contributed by atoms with Crippen molar-refractivity contribution in [2.45, 2.75) is 75.2 Å². The van der Waals surface area contributed by atoms with Gasteiger partial charge in [0.05, 0.1) is 39.5 Å². The maximum absolute atomic E-state index is 16.2. The molecule has 4 heterocycles. The number of nitrogens with one attached hydrogen (secondary N) is 2. The molecule has 20 aromatic carbocycles. The number of imide groups is 2. The average Bonchev–Trinajstić information content (AvgIpc) is 1.65. The predicted octanol–water partition coefficient (Wildman–Crippen LogP) is 31.3. The minimum absolute atomic E-state index is 0.286. The molecular formula is C130H90N4O11. The highest BCUT2D eigenvalue weighted by molar-refractivity contribution is 6.46. The normalized spacial score (nSPS) is 12.2. The summed E-state index contributed by atoms with van der Waals surface area (Å²) in [7, 11) is 0. The van der Waals surface area contributed by atoms with Crippen LogP contribution < -0.4 is 38.2 Å². The molecule has 2 aromatic heterocycles. The molecule has 0 spiro atoms. The lowest BCUT2D eigenvalue weighted by Gasteiger charge is -2.32. The Morgan fingerprint density at radius 2 is 0.552 bits per heavy atom. The molecule has 15 nitrogen and oxygen atoms in total. The van der Waals surface area contributed by atoms with Crippen molar-refractivity contribution < 1.29 is 52.4 Å². The zero-order chi connectivity index (χ0) is 99.4. The first-order valence-corrected chi connectivity index (χ1v) is 47.9. The molecule has 2 aliphatic heterocycles. The molecule has 145 heavy (non-hydrogen) atoms. The van der Waals surface area contributed by atoms with E-state index in [4.69, 9.17) is 34.8 Å². The van der Waals surface area contributed by atoms with Gasteiger partial charge < -0.3 is 38.4 Å². The van der Waals surface area contributed by atoms with Crippen LogP contribution in [0, 0.1) is 105 Å². The van der Waals surface area contributed by atoms with Crippen LogP contribution in [-0.2, 0) is 0 Å². The molecule has 0 bridgehead atoms. The van der Waals surface area contributed by atoms with E-state index in [1.807, 2.05) is 306 Å². The lowest BCUT2D eigenvalue weighted by molar-refractivity contribution is 0.0877. The number of terminal acetylenes is 1. The van der Waals surface area contributed by atoms with Gasteiger partial charge in [-0.2, -0.15) is 0 Å². The minimum atomic E-state index is -0.517. The molecule has 24 rings (SSSR count).